The van der Waals surface area contributed by atoms with Gasteiger partial charge < -0.3 is 5.32 Å². The molecule has 0 fully saturated rings. The molecule has 10 heteroatoms. The molecule has 2 N–H and O–H groups in total. The maximum Gasteiger partial charge on any atom is 0.255 e. The number of nitrogens with zero attached hydrogens (tertiary/aromatic N) is 3. The van der Waals surface area contributed by atoms with Crippen molar-refractivity contribution in [1.29, 1.82) is 0 Å². The zero-order valence-corrected chi connectivity index (χ0v) is 17.3. The first kappa shape index (κ1) is 19.4. The molecule has 0 unspecified atom stereocenters. The van der Waals surface area contributed by atoms with Crippen molar-refractivity contribution in [3.63, 3.8) is 0 Å². The topological polar surface area (TPSA) is 108 Å². The molecule has 2 heterocycles. The molecule has 0 saturated carbocycles. The van der Waals surface area contributed by atoms with Gasteiger partial charge in [0.1, 0.15) is 5.82 Å². The quantitative estimate of drug-likeness (QED) is 0.660. The fraction of sp³-hybridized carbons (Fsp3) is 0.211. The second-order valence-electron chi connectivity index (χ2n) is 6.82. The number of nitrogens with one attached hydrogen (secondary N) is 2. The zero-order valence-electron chi connectivity index (χ0n) is 15.7. The molecule has 0 saturated heterocycles. The summed E-state index contributed by atoms with van der Waals surface area (Å²) >= 11 is 6.33. The first-order valence-electron chi connectivity index (χ1n) is 8.83. The van der Waals surface area contributed by atoms with E-state index in [1.807, 2.05) is 0 Å². The van der Waals surface area contributed by atoms with Crippen molar-refractivity contribution in [2.75, 3.05) is 22.4 Å². The van der Waals surface area contributed by atoms with Crippen molar-refractivity contribution in [2.45, 2.75) is 13.3 Å². The van der Waals surface area contributed by atoms with E-state index in [0.29, 0.717) is 52.1 Å². The van der Waals surface area contributed by atoms with E-state index in [2.05, 4.69) is 20.5 Å². The van der Waals surface area contributed by atoms with Crippen molar-refractivity contribution in [3.8, 4) is 11.4 Å². The summed E-state index contributed by atoms with van der Waals surface area (Å²) in [4.78, 5) is 16.9. The molecule has 0 atom stereocenters. The molecule has 0 aliphatic carbocycles. The Morgan fingerprint density at radius 1 is 1.24 bits per heavy atom. The third-order valence-corrected chi connectivity index (χ3v) is 6.15. The van der Waals surface area contributed by atoms with Crippen LogP contribution in [0.3, 0.4) is 0 Å². The van der Waals surface area contributed by atoms with Crippen LogP contribution in [0.1, 0.15) is 21.7 Å². The van der Waals surface area contributed by atoms with Gasteiger partial charge in [-0.3, -0.25) is 14.2 Å². The number of sulfonamides is 1. The first-order valence-corrected chi connectivity index (χ1v) is 11.1. The molecule has 4 rings (SSSR count). The number of halogens is 1. The minimum atomic E-state index is -3.32. The Hall–Kier alpha value is -2.91. The normalized spacial score (nSPS) is 13.4. The Morgan fingerprint density at radius 2 is 2.03 bits per heavy atom. The summed E-state index contributed by atoms with van der Waals surface area (Å²) in [6.07, 6.45) is 1.75. The Morgan fingerprint density at radius 3 is 2.69 bits per heavy atom. The summed E-state index contributed by atoms with van der Waals surface area (Å²) in [5.74, 6) is 0.863. The lowest BCUT2D eigenvalue weighted by molar-refractivity contribution is 0.102. The molecule has 3 aromatic rings. The number of fused-ring (bicyclic) bond motifs is 1. The molecular weight excluding hydrogens is 414 g/mol. The average Bonchev–Trinajstić information content (AvgIpc) is 3.27. The third kappa shape index (κ3) is 3.83. The smallest absolute Gasteiger partial charge is 0.255 e. The highest BCUT2D eigenvalue weighted by Gasteiger charge is 2.26. The monoisotopic (exact) mass is 431 g/mol. The van der Waals surface area contributed by atoms with Crippen molar-refractivity contribution < 1.29 is 13.2 Å². The van der Waals surface area contributed by atoms with Gasteiger partial charge in [0, 0.05) is 23.4 Å². The molecule has 0 bridgehead atoms. The van der Waals surface area contributed by atoms with E-state index in [1.165, 1.54) is 10.6 Å². The molecule has 1 amide bonds. The molecule has 1 aliphatic heterocycles. The van der Waals surface area contributed by atoms with Crippen molar-refractivity contribution in [3.05, 3.63) is 58.4 Å². The second kappa shape index (κ2) is 7.16. The van der Waals surface area contributed by atoms with Crippen LogP contribution in [0.4, 0.5) is 11.4 Å². The van der Waals surface area contributed by atoms with Gasteiger partial charge in [-0.05, 0) is 55.3 Å². The predicted octanol–water partition coefficient (Wildman–Crippen LogP) is 3.01. The van der Waals surface area contributed by atoms with Crippen molar-refractivity contribution in [2.24, 2.45) is 0 Å². The molecule has 8 nitrogen and oxygen atoms in total. The van der Waals surface area contributed by atoms with Crippen LogP contribution >= 0.6 is 11.6 Å². The number of hydrogen-bond acceptors (Lipinski definition) is 5. The number of aromatic amines is 1. The highest BCUT2D eigenvalue weighted by molar-refractivity contribution is 7.92. The Bertz CT molecular complexity index is 1220. The summed E-state index contributed by atoms with van der Waals surface area (Å²) in [5, 5.41) is 10.1. The van der Waals surface area contributed by atoms with E-state index in [1.54, 1.807) is 43.3 Å². The number of amides is 1. The average molecular weight is 432 g/mol. The number of carbonyl (C=O) groups is 1. The first-order chi connectivity index (χ1) is 13.7. The van der Waals surface area contributed by atoms with Crippen LogP contribution in [0.2, 0.25) is 5.02 Å². The van der Waals surface area contributed by atoms with E-state index in [4.69, 9.17) is 11.6 Å². The van der Waals surface area contributed by atoms with E-state index < -0.39 is 10.0 Å². The summed E-state index contributed by atoms with van der Waals surface area (Å²) < 4.78 is 25.0. The number of rotatable bonds is 4. The third-order valence-electron chi connectivity index (χ3n) is 4.66. The zero-order chi connectivity index (χ0) is 20.8. The summed E-state index contributed by atoms with van der Waals surface area (Å²) in [7, 11) is -3.32. The number of aryl methyl sites for hydroxylation is 1. The van der Waals surface area contributed by atoms with Gasteiger partial charge in [0.2, 0.25) is 10.0 Å². The van der Waals surface area contributed by atoms with Gasteiger partial charge in [0.15, 0.2) is 5.82 Å². The molecule has 2 aromatic carbocycles. The van der Waals surface area contributed by atoms with Gasteiger partial charge >= 0.3 is 0 Å². The standard InChI is InChI=1S/C19H18ClN5O3S/c1-11-21-18(24-23-11)15-5-4-14(10-16(15)20)22-19(26)13-3-6-17-12(9-13)7-8-25(17)29(2,27)28/h3-6,9-10H,7-8H2,1-2H3,(H,22,26)(H,21,23,24). The van der Waals surface area contributed by atoms with Gasteiger partial charge in [-0.2, -0.15) is 5.10 Å². The predicted molar refractivity (Wildman–Crippen MR) is 112 cm³/mol. The summed E-state index contributed by atoms with van der Waals surface area (Å²) in [6, 6.07) is 10.1. The van der Waals surface area contributed by atoms with Crippen molar-refractivity contribution in [1.82, 2.24) is 15.2 Å². The highest BCUT2D eigenvalue weighted by Crippen LogP contribution is 2.31. The van der Waals surface area contributed by atoms with Crippen LogP contribution in [0.15, 0.2) is 36.4 Å². The van der Waals surface area contributed by atoms with E-state index in [0.717, 1.165) is 5.56 Å². The van der Waals surface area contributed by atoms with Crippen LogP contribution < -0.4 is 9.62 Å². The SMILES string of the molecule is Cc1nc(-c2ccc(NC(=O)c3ccc4c(c3)CCN4S(C)(=O)=O)cc2Cl)n[nH]1. The van der Waals surface area contributed by atoms with E-state index >= 15 is 0 Å². The minimum absolute atomic E-state index is 0.303. The van der Waals surface area contributed by atoms with Gasteiger partial charge in [-0.15, -0.1) is 0 Å². The molecule has 1 aliphatic rings. The highest BCUT2D eigenvalue weighted by atomic mass is 35.5. The Kier molecular flexibility index (Phi) is 4.79. The maximum atomic E-state index is 12.6. The van der Waals surface area contributed by atoms with Crippen molar-refractivity contribution >= 4 is 38.9 Å². The molecular formula is C19H18ClN5O3S. The van der Waals surface area contributed by atoms with Crippen LogP contribution in [0, 0.1) is 6.92 Å². The van der Waals surface area contributed by atoms with Gasteiger partial charge in [-0.25, -0.2) is 13.4 Å². The lowest BCUT2D eigenvalue weighted by Gasteiger charge is -2.16. The minimum Gasteiger partial charge on any atom is -0.322 e. The largest absolute Gasteiger partial charge is 0.322 e. The molecule has 0 radical (unpaired) electrons. The molecule has 150 valence electrons. The van der Waals surface area contributed by atoms with E-state index in [-0.39, 0.29) is 5.91 Å². The molecule has 0 spiro atoms. The van der Waals surface area contributed by atoms with Gasteiger partial charge in [0.05, 0.1) is 17.0 Å². The summed E-state index contributed by atoms with van der Waals surface area (Å²) in [6.45, 7) is 2.18. The number of benzene rings is 2. The number of carbonyl (C=O) groups excluding carboxylic acids is 1. The van der Waals surface area contributed by atoms with Gasteiger partial charge in [0.25, 0.3) is 5.91 Å². The maximum absolute atomic E-state index is 12.6. The van der Waals surface area contributed by atoms with Crippen LogP contribution in [0.5, 0.6) is 0 Å². The van der Waals surface area contributed by atoms with Crippen LogP contribution in [-0.4, -0.2) is 42.3 Å². The molecule has 29 heavy (non-hydrogen) atoms. The fourth-order valence-electron chi connectivity index (χ4n) is 3.30. The Balaban J connectivity index is 1.54. The number of H-pyrrole nitrogens is 1. The number of hydrogen-bond donors (Lipinski definition) is 2. The fourth-order valence-corrected chi connectivity index (χ4v) is 4.52. The van der Waals surface area contributed by atoms with Gasteiger partial charge in [-0.1, -0.05) is 11.6 Å². The second-order valence-corrected chi connectivity index (χ2v) is 9.14. The Labute approximate surface area is 173 Å². The number of anilines is 2. The van der Waals surface area contributed by atoms with Crippen LogP contribution in [-0.2, 0) is 16.4 Å². The summed E-state index contributed by atoms with van der Waals surface area (Å²) in [5.41, 5.74) is 3.10. The lowest BCUT2D eigenvalue weighted by atomic mass is 10.1. The van der Waals surface area contributed by atoms with Crippen LogP contribution in [0.25, 0.3) is 11.4 Å². The molecule has 1 aromatic heterocycles. The number of aromatic nitrogens is 3. The van der Waals surface area contributed by atoms with E-state index in [9.17, 15) is 13.2 Å². The lowest BCUT2D eigenvalue weighted by Crippen LogP contribution is -2.27.